The molecule has 0 heterocycles. The molecule has 2 aromatic rings. The average Bonchev–Trinajstić information content (AvgIpc) is 2.53. The molecule has 0 unspecified atom stereocenters. The van der Waals surface area contributed by atoms with Gasteiger partial charge < -0.3 is 20.3 Å². The summed E-state index contributed by atoms with van der Waals surface area (Å²) in [6.45, 7) is 0. The maximum absolute atomic E-state index is 10.3. The molecule has 0 amide bonds. The molecule has 0 aromatic heterocycles. The van der Waals surface area contributed by atoms with Crippen molar-refractivity contribution in [1.82, 2.24) is 0 Å². The van der Waals surface area contributed by atoms with Crippen molar-refractivity contribution in [2.24, 2.45) is 5.73 Å². The van der Waals surface area contributed by atoms with Crippen molar-refractivity contribution in [3.8, 4) is 11.5 Å². The monoisotopic (exact) mass is 273 g/mol. The third-order valence-corrected chi connectivity index (χ3v) is 3.30. The van der Waals surface area contributed by atoms with E-state index in [-0.39, 0.29) is 0 Å². The molecule has 3 N–H and O–H groups in total. The zero-order chi connectivity index (χ0) is 14.5. The first kappa shape index (κ1) is 14.4. The summed E-state index contributed by atoms with van der Waals surface area (Å²) in [4.78, 5) is 0. The predicted molar refractivity (Wildman–Crippen MR) is 77.9 cm³/mol. The molecule has 0 radical (unpaired) electrons. The molecule has 20 heavy (non-hydrogen) atoms. The molecule has 4 nitrogen and oxygen atoms in total. The van der Waals surface area contributed by atoms with E-state index < -0.39 is 12.1 Å². The zero-order valence-electron chi connectivity index (χ0n) is 11.6. The van der Waals surface area contributed by atoms with E-state index in [9.17, 15) is 5.11 Å². The molecule has 2 atom stereocenters. The van der Waals surface area contributed by atoms with Gasteiger partial charge in [-0.2, -0.15) is 0 Å². The number of benzene rings is 2. The number of hydrogen-bond donors (Lipinski definition) is 2. The first-order valence-electron chi connectivity index (χ1n) is 6.37. The van der Waals surface area contributed by atoms with Gasteiger partial charge in [0.25, 0.3) is 0 Å². The molecule has 0 fully saturated rings. The van der Waals surface area contributed by atoms with Crippen molar-refractivity contribution in [2.45, 2.75) is 12.1 Å². The summed E-state index contributed by atoms with van der Waals surface area (Å²) in [6.07, 6.45) is -0.769. The topological polar surface area (TPSA) is 64.7 Å². The number of methoxy groups -OCH3 is 2. The van der Waals surface area contributed by atoms with Gasteiger partial charge in [-0.25, -0.2) is 0 Å². The van der Waals surface area contributed by atoms with Crippen LogP contribution in [-0.2, 0) is 0 Å². The molecule has 0 spiro atoms. The van der Waals surface area contributed by atoms with Crippen molar-refractivity contribution >= 4 is 0 Å². The maximum Gasteiger partial charge on any atom is 0.118 e. The number of aliphatic hydroxyl groups is 1. The van der Waals surface area contributed by atoms with Crippen LogP contribution in [0.15, 0.2) is 48.5 Å². The van der Waals surface area contributed by atoms with Crippen LogP contribution in [0.3, 0.4) is 0 Å². The Morgan fingerprint density at radius 3 is 1.60 bits per heavy atom. The Morgan fingerprint density at radius 1 is 0.800 bits per heavy atom. The van der Waals surface area contributed by atoms with Gasteiger partial charge in [0.1, 0.15) is 11.5 Å². The van der Waals surface area contributed by atoms with Gasteiger partial charge in [0, 0.05) is 0 Å². The molecule has 0 aliphatic heterocycles. The lowest BCUT2D eigenvalue weighted by atomic mass is 9.96. The van der Waals surface area contributed by atoms with E-state index in [0.717, 1.165) is 22.6 Å². The van der Waals surface area contributed by atoms with Crippen LogP contribution in [0, 0.1) is 0 Å². The van der Waals surface area contributed by atoms with Gasteiger partial charge in [-0.1, -0.05) is 24.3 Å². The molecule has 0 saturated carbocycles. The van der Waals surface area contributed by atoms with Crippen molar-refractivity contribution in [1.29, 1.82) is 0 Å². The van der Waals surface area contributed by atoms with Crippen LogP contribution < -0.4 is 15.2 Å². The second kappa shape index (κ2) is 6.41. The van der Waals surface area contributed by atoms with Gasteiger partial charge in [0.15, 0.2) is 0 Å². The Balaban J connectivity index is 2.15. The summed E-state index contributed by atoms with van der Waals surface area (Å²) in [5, 5.41) is 10.3. The second-order valence-corrected chi connectivity index (χ2v) is 4.52. The van der Waals surface area contributed by atoms with Crippen molar-refractivity contribution in [3.63, 3.8) is 0 Å². The van der Waals surface area contributed by atoms with Gasteiger partial charge >= 0.3 is 0 Å². The fraction of sp³-hybridized carbons (Fsp3) is 0.250. The Hall–Kier alpha value is -2.04. The minimum absolute atomic E-state index is 0.491. The first-order valence-corrected chi connectivity index (χ1v) is 6.37. The van der Waals surface area contributed by atoms with E-state index in [2.05, 4.69) is 0 Å². The standard InChI is InChI=1S/C16H19NO3/c1-19-13-7-3-11(4-8-13)15(17)16(18)12-5-9-14(20-2)10-6-12/h3-10,15-16,18H,17H2,1-2H3/t15-,16-/m1/s1. The van der Waals surface area contributed by atoms with Crippen LogP contribution in [0.25, 0.3) is 0 Å². The Kier molecular flexibility index (Phi) is 4.61. The summed E-state index contributed by atoms with van der Waals surface area (Å²) in [6, 6.07) is 14.1. The molecule has 0 aliphatic rings. The summed E-state index contributed by atoms with van der Waals surface area (Å²) in [5.74, 6) is 1.51. The van der Waals surface area contributed by atoms with Gasteiger partial charge in [-0.3, -0.25) is 0 Å². The van der Waals surface area contributed by atoms with E-state index in [4.69, 9.17) is 15.2 Å². The number of rotatable bonds is 5. The fourth-order valence-electron chi connectivity index (χ4n) is 2.02. The quantitative estimate of drug-likeness (QED) is 0.878. The van der Waals surface area contributed by atoms with Crippen LogP contribution in [0.5, 0.6) is 11.5 Å². The molecule has 106 valence electrons. The lowest BCUT2D eigenvalue weighted by Gasteiger charge is -2.20. The number of hydrogen-bond acceptors (Lipinski definition) is 4. The van der Waals surface area contributed by atoms with E-state index in [1.807, 2.05) is 36.4 Å². The van der Waals surface area contributed by atoms with Crippen LogP contribution in [-0.4, -0.2) is 19.3 Å². The van der Waals surface area contributed by atoms with Crippen LogP contribution in [0.2, 0.25) is 0 Å². The van der Waals surface area contributed by atoms with Crippen molar-refractivity contribution in [2.75, 3.05) is 14.2 Å². The Labute approximate surface area is 118 Å². The second-order valence-electron chi connectivity index (χ2n) is 4.52. The number of aliphatic hydroxyl groups excluding tert-OH is 1. The van der Waals surface area contributed by atoms with E-state index >= 15 is 0 Å². The highest BCUT2D eigenvalue weighted by Gasteiger charge is 2.18. The van der Waals surface area contributed by atoms with Gasteiger partial charge in [0.05, 0.1) is 26.4 Å². The van der Waals surface area contributed by atoms with Crippen molar-refractivity contribution < 1.29 is 14.6 Å². The van der Waals surface area contributed by atoms with E-state index in [1.54, 1.807) is 26.4 Å². The highest BCUT2D eigenvalue weighted by molar-refractivity contribution is 5.33. The van der Waals surface area contributed by atoms with Crippen LogP contribution >= 0.6 is 0 Å². The summed E-state index contributed by atoms with van der Waals surface area (Å²) in [7, 11) is 3.22. The van der Waals surface area contributed by atoms with Gasteiger partial charge in [-0.15, -0.1) is 0 Å². The third kappa shape index (κ3) is 3.10. The highest BCUT2D eigenvalue weighted by Crippen LogP contribution is 2.28. The molecule has 0 aliphatic carbocycles. The Morgan fingerprint density at radius 2 is 1.20 bits per heavy atom. The third-order valence-electron chi connectivity index (χ3n) is 3.30. The summed E-state index contributed by atoms with van der Waals surface area (Å²) >= 11 is 0. The van der Waals surface area contributed by atoms with E-state index in [0.29, 0.717) is 0 Å². The van der Waals surface area contributed by atoms with E-state index in [1.165, 1.54) is 0 Å². The minimum Gasteiger partial charge on any atom is -0.497 e. The number of ether oxygens (including phenoxy) is 2. The predicted octanol–water partition coefficient (Wildman–Crippen LogP) is 2.44. The van der Waals surface area contributed by atoms with Crippen LogP contribution in [0.1, 0.15) is 23.3 Å². The Bertz CT molecular complexity index is 485. The lowest BCUT2D eigenvalue weighted by Crippen LogP contribution is -2.19. The van der Waals surface area contributed by atoms with Gasteiger partial charge in [-0.05, 0) is 35.4 Å². The fourth-order valence-corrected chi connectivity index (χ4v) is 2.02. The molecule has 0 saturated heterocycles. The van der Waals surface area contributed by atoms with Crippen LogP contribution in [0.4, 0.5) is 0 Å². The lowest BCUT2D eigenvalue weighted by molar-refractivity contribution is 0.147. The largest absolute Gasteiger partial charge is 0.497 e. The SMILES string of the molecule is COc1ccc([C@@H](N)[C@H](O)c2ccc(OC)cc2)cc1. The molecule has 2 rings (SSSR count). The summed E-state index contributed by atoms with van der Waals surface area (Å²) < 4.78 is 10.2. The average molecular weight is 273 g/mol. The van der Waals surface area contributed by atoms with Crippen molar-refractivity contribution in [3.05, 3.63) is 59.7 Å². The summed E-state index contributed by atoms with van der Waals surface area (Å²) in [5.41, 5.74) is 7.72. The zero-order valence-corrected chi connectivity index (χ0v) is 11.6. The van der Waals surface area contributed by atoms with Gasteiger partial charge in [0.2, 0.25) is 0 Å². The molecular formula is C16H19NO3. The first-order chi connectivity index (χ1) is 9.65. The molecule has 0 bridgehead atoms. The smallest absolute Gasteiger partial charge is 0.118 e. The minimum atomic E-state index is -0.769. The molecular weight excluding hydrogens is 254 g/mol. The normalized spacial score (nSPS) is 13.6. The molecule has 2 aromatic carbocycles. The molecule has 4 heteroatoms. The highest BCUT2D eigenvalue weighted by atomic mass is 16.5. The number of nitrogens with two attached hydrogens (primary N) is 1. The maximum atomic E-state index is 10.3.